The van der Waals surface area contributed by atoms with Crippen LogP contribution in [-0.4, -0.2) is 17.1 Å². The van der Waals surface area contributed by atoms with Crippen molar-refractivity contribution in [3.8, 4) is 0 Å². The lowest BCUT2D eigenvalue weighted by Gasteiger charge is -2.05. The first-order chi connectivity index (χ1) is 9.52. The van der Waals surface area contributed by atoms with E-state index in [1.54, 1.807) is 6.08 Å². The fourth-order valence-corrected chi connectivity index (χ4v) is 1.90. The summed E-state index contributed by atoms with van der Waals surface area (Å²) in [4.78, 5) is 10.7. The minimum atomic E-state index is -0.414. The Kier molecular flexibility index (Phi) is 6.74. The van der Waals surface area contributed by atoms with E-state index < -0.39 is 6.10 Å². The van der Waals surface area contributed by atoms with Crippen LogP contribution >= 0.6 is 0 Å². The van der Waals surface area contributed by atoms with E-state index in [-0.39, 0.29) is 12.3 Å². The number of rotatable bonds is 7. The molecule has 3 heteroatoms. The molecule has 20 heavy (non-hydrogen) atoms. The molecule has 3 nitrogen and oxygen atoms in total. The van der Waals surface area contributed by atoms with Crippen LogP contribution in [-0.2, 0) is 4.79 Å². The topological polar surface area (TPSA) is 63.3 Å². The number of primary amides is 1. The summed E-state index contributed by atoms with van der Waals surface area (Å²) in [7, 11) is 0. The molecule has 1 aromatic carbocycles. The van der Waals surface area contributed by atoms with Crippen molar-refractivity contribution in [2.75, 3.05) is 0 Å². The van der Waals surface area contributed by atoms with Crippen LogP contribution < -0.4 is 5.73 Å². The summed E-state index contributed by atoms with van der Waals surface area (Å²) in [6.45, 7) is 4.07. The molecule has 0 saturated heterocycles. The Morgan fingerprint density at radius 3 is 2.75 bits per heavy atom. The van der Waals surface area contributed by atoms with Gasteiger partial charge in [0.25, 0.3) is 0 Å². The first kappa shape index (κ1) is 16.2. The maximum absolute atomic E-state index is 10.7. The molecular weight excluding hydrogens is 250 g/mol. The Morgan fingerprint density at radius 2 is 2.10 bits per heavy atom. The highest BCUT2D eigenvalue weighted by molar-refractivity contribution is 5.77. The molecular formula is C17H23NO2. The molecule has 0 radical (unpaired) electrons. The third-order valence-electron chi connectivity index (χ3n) is 2.94. The lowest BCUT2D eigenvalue weighted by atomic mass is 10.0. The van der Waals surface area contributed by atoms with Gasteiger partial charge in [-0.3, -0.25) is 4.79 Å². The molecule has 108 valence electrons. The number of carbonyl (C=O) groups is 1. The van der Waals surface area contributed by atoms with Crippen molar-refractivity contribution in [2.24, 2.45) is 5.73 Å². The first-order valence-electron chi connectivity index (χ1n) is 6.94. The fraction of sp³-hybridized carbons (Fsp3) is 0.353. The van der Waals surface area contributed by atoms with Gasteiger partial charge in [0.15, 0.2) is 0 Å². The number of hydrogen-bond acceptors (Lipinski definition) is 2. The van der Waals surface area contributed by atoms with Crippen LogP contribution in [0.2, 0.25) is 0 Å². The molecule has 0 bridgehead atoms. The van der Waals surface area contributed by atoms with E-state index in [1.165, 1.54) is 0 Å². The summed E-state index contributed by atoms with van der Waals surface area (Å²) in [5, 5.41) is 9.75. The van der Waals surface area contributed by atoms with Gasteiger partial charge in [0.05, 0.1) is 6.10 Å². The van der Waals surface area contributed by atoms with E-state index in [4.69, 9.17) is 5.73 Å². The van der Waals surface area contributed by atoms with E-state index in [2.05, 4.69) is 6.07 Å². The van der Waals surface area contributed by atoms with Gasteiger partial charge in [-0.05, 0) is 24.5 Å². The zero-order valence-electron chi connectivity index (χ0n) is 12.2. The number of amides is 1. The monoisotopic (exact) mass is 273 g/mol. The van der Waals surface area contributed by atoms with Gasteiger partial charge in [0.2, 0.25) is 5.91 Å². The van der Waals surface area contributed by atoms with E-state index in [0.29, 0.717) is 0 Å². The number of carbonyl (C=O) groups excluding carboxylic acids is 1. The summed E-state index contributed by atoms with van der Waals surface area (Å²) < 4.78 is 0. The molecule has 0 saturated carbocycles. The smallest absolute Gasteiger partial charge is 0.221 e. The van der Waals surface area contributed by atoms with E-state index in [1.807, 2.05) is 44.2 Å². The molecule has 1 aromatic rings. The molecule has 0 aromatic heterocycles. The molecule has 1 atom stereocenters. The third kappa shape index (κ3) is 5.85. The molecule has 0 heterocycles. The predicted molar refractivity (Wildman–Crippen MR) is 84.0 cm³/mol. The standard InChI is InChI=1S/C17H23NO2/c1-3-5-16(19)11-10-15-12-13(2)8-9-14(15)6-4-7-17(18)20/h4,6,8-12,16,19H,3,5,7H2,1-2H3,(H2,18,20)/t16-/m1/s1. The normalized spacial score (nSPS) is 13.2. The highest BCUT2D eigenvalue weighted by Gasteiger charge is 2.00. The SMILES string of the molecule is CCC[C@@H](O)C=Cc1cc(C)ccc1C=CCC(N)=O. The van der Waals surface area contributed by atoms with Crippen molar-refractivity contribution in [3.05, 3.63) is 47.0 Å². The van der Waals surface area contributed by atoms with Crippen molar-refractivity contribution in [2.45, 2.75) is 39.2 Å². The molecule has 3 N–H and O–H groups in total. The number of hydrogen-bond donors (Lipinski definition) is 2. The Bertz CT molecular complexity index is 504. The molecule has 0 aliphatic carbocycles. The summed E-state index contributed by atoms with van der Waals surface area (Å²) >= 11 is 0. The van der Waals surface area contributed by atoms with Crippen LogP contribution in [0.25, 0.3) is 12.2 Å². The second-order valence-corrected chi connectivity index (χ2v) is 4.92. The Morgan fingerprint density at radius 1 is 1.35 bits per heavy atom. The largest absolute Gasteiger partial charge is 0.389 e. The quantitative estimate of drug-likeness (QED) is 0.802. The van der Waals surface area contributed by atoms with Gasteiger partial charge in [-0.15, -0.1) is 0 Å². The first-order valence-corrected chi connectivity index (χ1v) is 6.94. The molecule has 0 aliphatic heterocycles. The fourth-order valence-electron chi connectivity index (χ4n) is 1.90. The summed E-state index contributed by atoms with van der Waals surface area (Å²) in [6, 6.07) is 6.07. The molecule has 0 spiro atoms. The highest BCUT2D eigenvalue weighted by Crippen LogP contribution is 2.16. The summed E-state index contributed by atoms with van der Waals surface area (Å²) in [5.74, 6) is -0.344. The van der Waals surface area contributed by atoms with E-state index in [9.17, 15) is 9.90 Å². The molecule has 0 fully saturated rings. The van der Waals surface area contributed by atoms with Gasteiger partial charge in [-0.2, -0.15) is 0 Å². The van der Waals surface area contributed by atoms with E-state index >= 15 is 0 Å². The average molecular weight is 273 g/mol. The van der Waals surface area contributed by atoms with Gasteiger partial charge in [0.1, 0.15) is 0 Å². The highest BCUT2D eigenvalue weighted by atomic mass is 16.3. The lowest BCUT2D eigenvalue weighted by molar-refractivity contribution is -0.117. The number of nitrogens with two attached hydrogens (primary N) is 1. The number of aliphatic hydroxyl groups is 1. The summed E-state index contributed by atoms with van der Waals surface area (Å²) in [6.07, 6.45) is 8.90. The molecule has 1 amide bonds. The lowest BCUT2D eigenvalue weighted by Crippen LogP contribution is -2.07. The van der Waals surface area contributed by atoms with Crippen LogP contribution in [0.15, 0.2) is 30.4 Å². The maximum Gasteiger partial charge on any atom is 0.221 e. The second kappa shape index (κ2) is 8.33. The van der Waals surface area contributed by atoms with Crippen LogP contribution in [0, 0.1) is 6.92 Å². The van der Waals surface area contributed by atoms with Crippen molar-refractivity contribution in [3.63, 3.8) is 0 Å². The number of benzene rings is 1. The second-order valence-electron chi connectivity index (χ2n) is 4.92. The van der Waals surface area contributed by atoms with Crippen LogP contribution in [0.5, 0.6) is 0 Å². The van der Waals surface area contributed by atoms with Gasteiger partial charge >= 0.3 is 0 Å². The van der Waals surface area contributed by atoms with Crippen LogP contribution in [0.4, 0.5) is 0 Å². The Hall–Kier alpha value is -1.87. The van der Waals surface area contributed by atoms with Crippen LogP contribution in [0.3, 0.4) is 0 Å². The van der Waals surface area contributed by atoms with Gasteiger partial charge in [0, 0.05) is 6.42 Å². The van der Waals surface area contributed by atoms with Gasteiger partial charge < -0.3 is 10.8 Å². The van der Waals surface area contributed by atoms with Crippen molar-refractivity contribution in [1.29, 1.82) is 0 Å². The Labute approximate surface area is 120 Å². The zero-order valence-corrected chi connectivity index (χ0v) is 12.2. The zero-order chi connectivity index (χ0) is 15.0. The van der Waals surface area contributed by atoms with E-state index in [0.717, 1.165) is 29.5 Å². The average Bonchev–Trinajstić information content (AvgIpc) is 2.38. The van der Waals surface area contributed by atoms with Gasteiger partial charge in [-0.25, -0.2) is 0 Å². The third-order valence-corrected chi connectivity index (χ3v) is 2.94. The molecule has 1 rings (SSSR count). The minimum Gasteiger partial charge on any atom is -0.389 e. The van der Waals surface area contributed by atoms with Gasteiger partial charge in [-0.1, -0.05) is 61.4 Å². The molecule has 0 aliphatic rings. The predicted octanol–water partition coefficient (Wildman–Crippen LogP) is 3.06. The Balaban J connectivity index is 2.90. The summed E-state index contributed by atoms with van der Waals surface area (Å²) in [5.41, 5.74) is 8.31. The molecule has 0 unspecified atom stereocenters. The number of aryl methyl sites for hydroxylation is 1. The number of aliphatic hydroxyl groups excluding tert-OH is 1. The minimum absolute atomic E-state index is 0.232. The van der Waals surface area contributed by atoms with Crippen molar-refractivity contribution < 1.29 is 9.90 Å². The van der Waals surface area contributed by atoms with Crippen LogP contribution in [0.1, 0.15) is 42.9 Å². The van der Waals surface area contributed by atoms with Crippen molar-refractivity contribution in [1.82, 2.24) is 0 Å². The van der Waals surface area contributed by atoms with Crippen molar-refractivity contribution >= 4 is 18.1 Å². The maximum atomic E-state index is 10.7.